The lowest BCUT2D eigenvalue weighted by molar-refractivity contribution is -0.146. The van der Waals surface area contributed by atoms with Gasteiger partial charge < -0.3 is 34.2 Å². The van der Waals surface area contributed by atoms with Gasteiger partial charge in [-0.3, -0.25) is 9.59 Å². The second kappa shape index (κ2) is 11.7. The van der Waals surface area contributed by atoms with Gasteiger partial charge in [0.15, 0.2) is 0 Å². The molecule has 11 nitrogen and oxygen atoms in total. The Morgan fingerprint density at radius 3 is 2.29 bits per heavy atom. The van der Waals surface area contributed by atoms with Crippen molar-refractivity contribution in [1.29, 1.82) is 0 Å². The molecule has 1 aromatic rings. The zero-order chi connectivity index (χ0) is 24.7. The van der Waals surface area contributed by atoms with Gasteiger partial charge in [-0.2, -0.15) is 0 Å². The van der Waals surface area contributed by atoms with E-state index in [1.54, 1.807) is 36.3 Å². The van der Waals surface area contributed by atoms with Crippen molar-refractivity contribution in [3.63, 3.8) is 0 Å². The summed E-state index contributed by atoms with van der Waals surface area (Å²) >= 11 is 0. The van der Waals surface area contributed by atoms with Crippen molar-refractivity contribution < 1.29 is 33.4 Å². The molecule has 34 heavy (non-hydrogen) atoms. The van der Waals surface area contributed by atoms with E-state index in [2.05, 4.69) is 5.32 Å². The molecule has 1 N–H and O–H groups in total. The van der Waals surface area contributed by atoms with Crippen LogP contribution in [0.3, 0.4) is 0 Å². The van der Waals surface area contributed by atoms with E-state index < -0.39 is 24.0 Å². The summed E-state index contributed by atoms with van der Waals surface area (Å²) in [6.45, 7) is 3.76. The average Bonchev–Trinajstić information content (AvgIpc) is 2.87. The van der Waals surface area contributed by atoms with E-state index in [1.807, 2.05) is 0 Å². The molecular formula is C23H32N4O7. The maximum absolute atomic E-state index is 13.4. The quantitative estimate of drug-likeness (QED) is 0.569. The monoisotopic (exact) mass is 476 g/mol. The van der Waals surface area contributed by atoms with Gasteiger partial charge in [-0.15, -0.1) is 0 Å². The molecule has 0 bridgehead atoms. The van der Waals surface area contributed by atoms with Gasteiger partial charge in [0.1, 0.15) is 17.8 Å². The van der Waals surface area contributed by atoms with E-state index in [1.165, 1.54) is 23.8 Å². The van der Waals surface area contributed by atoms with Crippen molar-refractivity contribution in [2.24, 2.45) is 0 Å². The molecule has 11 heteroatoms. The summed E-state index contributed by atoms with van der Waals surface area (Å²) in [5.41, 5.74) is 0.798. The lowest BCUT2D eigenvalue weighted by Crippen LogP contribution is -2.65. The molecule has 186 valence electrons. The van der Waals surface area contributed by atoms with Gasteiger partial charge in [-0.05, 0) is 17.7 Å². The Kier molecular flexibility index (Phi) is 8.69. The first-order chi connectivity index (χ1) is 16.3. The number of nitrogens with one attached hydrogen (secondary N) is 1. The Labute approximate surface area is 198 Å². The molecule has 2 fully saturated rings. The highest BCUT2D eigenvalue weighted by atomic mass is 16.5. The molecule has 0 saturated carbocycles. The van der Waals surface area contributed by atoms with Gasteiger partial charge in [0.05, 0.1) is 34.0 Å². The highest BCUT2D eigenvalue weighted by Crippen LogP contribution is 2.17. The maximum Gasteiger partial charge on any atom is 0.328 e. The molecule has 2 saturated heterocycles. The zero-order valence-corrected chi connectivity index (χ0v) is 19.8. The second-order valence-corrected chi connectivity index (χ2v) is 8.19. The topological polar surface area (TPSA) is 118 Å². The number of amides is 4. The van der Waals surface area contributed by atoms with Gasteiger partial charge in [0, 0.05) is 39.5 Å². The number of hydrogen-bond acceptors (Lipinski definition) is 7. The number of esters is 1. The number of carbonyl (C=O) groups is 4. The van der Waals surface area contributed by atoms with Crippen LogP contribution in [-0.4, -0.2) is 111 Å². The predicted molar refractivity (Wildman–Crippen MR) is 121 cm³/mol. The number of urea groups is 1. The summed E-state index contributed by atoms with van der Waals surface area (Å²) < 4.78 is 15.4. The predicted octanol–water partition coefficient (Wildman–Crippen LogP) is -0.120. The standard InChI is InChI=1S/C23H32N4O7/c1-16(28)26-8-9-27(23(31)25-10-12-34-13-11-25)20(15-26)21(29)24-19(22(30)33-3)14-17-4-6-18(32-2)7-5-17/h4-7,19-20H,8-15H2,1-3H3,(H,24,29). The number of nitrogens with zero attached hydrogens (tertiary/aromatic N) is 3. The van der Waals surface area contributed by atoms with Crippen LogP contribution in [0, 0.1) is 0 Å². The number of benzene rings is 1. The fraction of sp³-hybridized carbons (Fsp3) is 0.565. The van der Waals surface area contributed by atoms with Crippen molar-refractivity contribution in [2.75, 3.05) is 60.2 Å². The second-order valence-electron chi connectivity index (χ2n) is 8.19. The molecule has 2 unspecified atom stereocenters. The van der Waals surface area contributed by atoms with Crippen LogP contribution in [0.1, 0.15) is 12.5 Å². The highest BCUT2D eigenvalue weighted by Gasteiger charge is 2.39. The van der Waals surface area contributed by atoms with Crippen molar-refractivity contribution in [2.45, 2.75) is 25.4 Å². The minimum absolute atomic E-state index is 0.0493. The number of morpholine rings is 1. The van der Waals surface area contributed by atoms with Gasteiger partial charge in [-0.1, -0.05) is 12.1 Å². The summed E-state index contributed by atoms with van der Waals surface area (Å²) in [5.74, 6) is -0.629. The van der Waals surface area contributed by atoms with Crippen LogP contribution in [0.4, 0.5) is 4.79 Å². The molecule has 0 aliphatic carbocycles. The summed E-state index contributed by atoms with van der Waals surface area (Å²) in [5, 5.41) is 2.74. The van der Waals surface area contributed by atoms with Crippen LogP contribution in [0.2, 0.25) is 0 Å². The number of carbonyl (C=O) groups excluding carboxylic acids is 4. The number of ether oxygens (including phenoxy) is 3. The summed E-state index contributed by atoms with van der Waals surface area (Å²) in [4.78, 5) is 55.7. The third-order valence-corrected chi connectivity index (χ3v) is 6.06. The molecular weight excluding hydrogens is 444 g/mol. The third-order valence-electron chi connectivity index (χ3n) is 6.06. The van der Waals surface area contributed by atoms with Crippen LogP contribution in [0.15, 0.2) is 24.3 Å². The first-order valence-corrected chi connectivity index (χ1v) is 11.2. The number of methoxy groups -OCH3 is 2. The van der Waals surface area contributed by atoms with Crippen molar-refractivity contribution in [1.82, 2.24) is 20.0 Å². The smallest absolute Gasteiger partial charge is 0.328 e. The Morgan fingerprint density at radius 2 is 1.71 bits per heavy atom. The van der Waals surface area contributed by atoms with Crippen LogP contribution in [0.5, 0.6) is 5.75 Å². The van der Waals surface area contributed by atoms with E-state index >= 15 is 0 Å². The Morgan fingerprint density at radius 1 is 1.03 bits per heavy atom. The van der Waals surface area contributed by atoms with Gasteiger partial charge in [-0.25, -0.2) is 9.59 Å². The Hall–Kier alpha value is -3.34. The van der Waals surface area contributed by atoms with E-state index in [-0.39, 0.29) is 31.4 Å². The molecule has 2 heterocycles. The first-order valence-electron chi connectivity index (χ1n) is 11.2. The van der Waals surface area contributed by atoms with Crippen LogP contribution in [-0.2, 0) is 30.3 Å². The van der Waals surface area contributed by atoms with Gasteiger partial charge >= 0.3 is 12.0 Å². The molecule has 0 radical (unpaired) electrons. The molecule has 0 aromatic heterocycles. The lowest BCUT2D eigenvalue weighted by Gasteiger charge is -2.43. The van der Waals surface area contributed by atoms with Gasteiger partial charge in [0.25, 0.3) is 0 Å². The summed E-state index contributed by atoms with van der Waals surface area (Å²) in [6, 6.07) is 4.95. The Balaban J connectivity index is 1.77. The van der Waals surface area contributed by atoms with Crippen LogP contribution >= 0.6 is 0 Å². The van der Waals surface area contributed by atoms with Crippen molar-refractivity contribution in [3.8, 4) is 5.75 Å². The van der Waals surface area contributed by atoms with E-state index in [0.29, 0.717) is 38.6 Å². The molecule has 4 amide bonds. The van der Waals surface area contributed by atoms with Crippen LogP contribution in [0.25, 0.3) is 0 Å². The van der Waals surface area contributed by atoms with E-state index in [9.17, 15) is 19.2 Å². The molecule has 2 aliphatic rings. The van der Waals surface area contributed by atoms with E-state index in [0.717, 1.165) is 5.56 Å². The first kappa shape index (κ1) is 25.3. The molecule has 2 aliphatic heterocycles. The van der Waals surface area contributed by atoms with Crippen LogP contribution < -0.4 is 10.1 Å². The van der Waals surface area contributed by atoms with Crippen molar-refractivity contribution in [3.05, 3.63) is 29.8 Å². The SMILES string of the molecule is COC(=O)C(Cc1ccc(OC)cc1)NC(=O)C1CN(C(C)=O)CCN1C(=O)N1CCOCC1. The molecule has 0 spiro atoms. The number of hydrogen-bond donors (Lipinski definition) is 1. The maximum atomic E-state index is 13.4. The number of piperazine rings is 1. The van der Waals surface area contributed by atoms with E-state index in [4.69, 9.17) is 14.2 Å². The normalized spacial score (nSPS) is 19.3. The molecule has 2 atom stereocenters. The number of rotatable bonds is 6. The average molecular weight is 477 g/mol. The fourth-order valence-corrected chi connectivity index (χ4v) is 4.06. The largest absolute Gasteiger partial charge is 0.497 e. The highest BCUT2D eigenvalue weighted by molar-refractivity contribution is 5.91. The fourth-order valence-electron chi connectivity index (χ4n) is 4.06. The van der Waals surface area contributed by atoms with Crippen molar-refractivity contribution >= 4 is 23.8 Å². The van der Waals surface area contributed by atoms with Gasteiger partial charge in [0.2, 0.25) is 11.8 Å². The minimum atomic E-state index is -0.959. The minimum Gasteiger partial charge on any atom is -0.497 e. The zero-order valence-electron chi connectivity index (χ0n) is 19.8. The summed E-state index contributed by atoms with van der Waals surface area (Å²) in [7, 11) is 2.81. The molecule has 1 aromatic carbocycles. The Bertz CT molecular complexity index is 886. The molecule has 3 rings (SSSR count). The third kappa shape index (κ3) is 6.16. The lowest BCUT2D eigenvalue weighted by atomic mass is 10.0. The summed E-state index contributed by atoms with van der Waals surface area (Å²) in [6.07, 6.45) is 0.197.